The first-order valence-corrected chi connectivity index (χ1v) is 12.5. The fourth-order valence-electron chi connectivity index (χ4n) is 5.44. The lowest BCUT2D eigenvalue weighted by Crippen LogP contribution is -2.68. The predicted octanol–water partition coefficient (Wildman–Crippen LogP) is 3.61. The molecule has 0 spiro atoms. The summed E-state index contributed by atoms with van der Waals surface area (Å²) in [4.78, 5) is 21.6. The lowest BCUT2D eigenvalue weighted by molar-refractivity contribution is -0.135. The number of benzene rings is 2. The number of nitrogens with zero attached hydrogens (tertiary/aromatic N) is 3. The van der Waals surface area contributed by atoms with Crippen molar-refractivity contribution in [1.82, 2.24) is 14.8 Å². The summed E-state index contributed by atoms with van der Waals surface area (Å²) >= 11 is 0. The second-order valence-electron chi connectivity index (χ2n) is 9.51. The van der Waals surface area contributed by atoms with E-state index in [0.29, 0.717) is 18.5 Å². The maximum Gasteiger partial charge on any atom is 0.227 e. The Hall–Kier alpha value is -3.53. The molecule has 2 aromatic carbocycles. The molecular weight excluding hydrogens is 453 g/mol. The van der Waals surface area contributed by atoms with Gasteiger partial charge in [0, 0.05) is 49.0 Å². The molecule has 1 N–H and O–H groups in total. The van der Waals surface area contributed by atoms with Gasteiger partial charge in [0.05, 0.1) is 18.6 Å². The number of halogens is 1. The van der Waals surface area contributed by atoms with E-state index in [4.69, 9.17) is 0 Å². The molecule has 3 atom stereocenters. The van der Waals surface area contributed by atoms with Crippen molar-refractivity contribution in [3.8, 4) is 11.8 Å². The minimum atomic E-state index is -0.325. The van der Waals surface area contributed by atoms with E-state index < -0.39 is 0 Å². The topological polar surface area (TPSA) is 56.7 Å². The summed E-state index contributed by atoms with van der Waals surface area (Å²) in [5.74, 6) is 5.89. The molecule has 3 heterocycles. The van der Waals surface area contributed by atoms with Crippen molar-refractivity contribution in [2.24, 2.45) is 0 Å². The first kappa shape index (κ1) is 24.2. The molecule has 2 aliphatic rings. The Balaban J connectivity index is 1.32. The summed E-state index contributed by atoms with van der Waals surface area (Å²) < 4.78 is 13.9. The second-order valence-corrected chi connectivity index (χ2v) is 9.51. The molecule has 1 aromatic heterocycles. The van der Waals surface area contributed by atoms with Gasteiger partial charge in [-0.15, -0.1) is 0 Å². The van der Waals surface area contributed by atoms with Gasteiger partial charge in [-0.05, 0) is 66.9 Å². The van der Waals surface area contributed by atoms with Crippen LogP contribution < -0.4 is 0 Å². The van der Waals surface area contributed by atoms with Crippen LogP contribution in [0.4, 0.5) is 4.39 Å². The zero-order chi connectivity index (χ0) is 24.9. The number of aliphatic hydroxyl groups excluding tert-OH is 1. The Morgan fingerprint density at radius 1 is 1.00 bits per heavy atom. The highest BCUT2D eigenvalue weighted by molar-refractivity contribution is 5.78. The highest BCUT2D eigenvalue weighted by Gasteiger charge is 2.49. The minimum Gasteiger partial charge on any atom is -0.395 e. The van der Waals surface area contributed by atoms with Crippen molar-refractivity contribution in [2.75, 3.05) is 26.2 Å². The highest BCUT2D eigenvalue weighted by atomic mass is 19.1. The average Bonchev–Trinajstić information content (AvgIpc) is 2.88. The molecular formula is C30H30FN3O2. The molecule has 1 amide bonds. The smallest absolute Gasteiger partial charge is 0.227 e. The fraction of sp³-hybridized carbons (Fsp3) is 0.333. The normalized spacial score (nSPS) is 21.8. The van der Waals surface area contributed by atoms with Gasteiger partial charge < -0.3 is 10.0 Å². The Morgan fingerprint density at radius 2 is 1.75 bits per heavy atom. The molecule has 2 aliphatic heterocycles. The van der Waals surface area contributed by atoms with Gasteiger partial charge in [0.1, 0.15) is 5.82 Å². The van der Waals surface area contributed by atoms with Gasteiger partial charge in [-0.1, -0.05) is 36.1 Å². The van der Waals surface area contributed by atoms with Crippen LogP contribution in [-0.4, -0.2) is 64.1 Å². The lowest BCUT2D eigenvalue weighted by atomic mass is 9.74. The third-order valence-corrected chi connectivity index (χ3v) is 7.34. The SMILES string of the molecule is O=C(Cc1ccncc1)N1CCCCN2[C@H](CO)[C@H](c3ccc(C#Cc4ccccc4F)cc3)[C@@H]2C1. The van der Waals surface area contributed by atoms with E-state index in [-0.39, 0.29) is 36.3 Å². The van der Waals surface area contributed by atoms with Crippen molar-refractivity contribution >= 4 is 5.91 Å². The van der Waals surface area contributed by atoms with Gasteiger partial charge in [0.25, 0.3) is 0 Å². The first-order chi connectivity index (χ1) is 17.6. The van der Waals surface area contributed by atoms with Crippen LogP contribution in [0.3, 0.4) is 0 Å². The zero-order valence-corrected chi connectivity index (χ0v) is 20.2. The standard InChI is InChI=1S/C30H30FN3O2/c31-26-6-2-1-5-24(26)10-7-22-8-11-25(12-9-22)30-27-20-33(17-3-4-18-34(27)28(30)21-35)29(36)19-23-13-15-32-16-14-23/h1-2,5-6,8-9,11-16,27-28,30,35H,3-4,17-21H2/t27-,28+,30+/m0/s1. The van der Waals surface area contributed by atoms with Gasteiger partial charge in [-0.2, -0.15) is 0 Å². The Kier molecular flexibility index (Phi) is 7.41. The van der Waals surface area contributed by atoms with Crippen molar-refractivity contribution < 1.29 is 14.3 Å². The maximum atomic E-state index is 13.9. The van der Waals surface area contributed by atoms with E-state index in [1.165, 1.54) is 6.07 Å². The van der Waals surface area contributed by atoms with Crippen molar-refractivity contribution in [3.63, 3.8) is 0 Å². The molecule has 2 saturated heterocycles. The zero-order valence-electron chi connectivity index (χ0n) is 20.2. The van der Waals surface area contributed by atoms with Crippen LogP contribution in [0.1, 0.15) is 41.0 Å². The van der Waals surface area contributed by atoms with E-state index in [9.17, 15) is 14.3 Å². The molecule has 5 rings (SSSR count). The number of rotatable bonds is 4. The van der Waals surface area contributed by atoms with Crippen LogP contribution in [0, 0.1) is 17.7 Å². The van der Waals surface area contributed by atoms with Crippen LogP contribution in [0.15, 0.2) is 73.1 Å². The molecule has 0 bridgehead atoms. The summed E-state index contributed by atoms with van der Waals surface area (Å²) in [5.41, 5.74) is 3.29. The molecule has 184 valence electrons. The third-order valence-electron chi connectivity index (χ3n) is 7.34. The van der Waals surface area contributed by atoms with Crippen molar-refractivity contribution in [3.05, 3.63) is 101 Å². The first-order valence-electron chi connectivity index (χ1n) is 12.5. The van der Waals surface area contributed by atoms with Crippen LogP contribution in [0.5, 0.6) is 0 Å². The van der Waals surface area contributed by atoms with Crippen molar-refractivity contribution in [2.45, 2.75) is 37.3 Å². The van der Waals surface area contributed by atoms with Crippen LogP contribution in [-0.2, 0) is 11.2 Å². The summed E-state index contributed by atoms with van der Waals surface area (Å²) in [5, 5.41) is 10.2. The predicted molar refractivity (Wildman–Crippen MR) is 137 cm³/mol. The van der Waals surface area contributed by atoms with Crippen LogP contribution in [0.2, 0.25) is 0 Å². The monoisotopic (exact) mass is 483 g/mol. The molecule has 3 aromatic rings. The largest absolute Gasteiger partial charge is 0.395 e. The van der Waals surface area contributed by atoms with Gasteiger partial charge in [-0.25, -0.2) is 4.39 Å². The Labute approximate surface area is 211 Å². The molecule has 0 aliphatic carbocycles. The number of pyridine rings is 1. The number of aromatic nitrogens is 1. The van der Waals surface area contributed by atoms with E-state index >= 15 is 0 Å². The van der Waals surface area contributed by atoms with Crippen LogP contribution in [0.25, 0.3) is 0 Å². The number of fused-ring (bicyclic) bond motifs is 1. The van der Waals surface area contributed by atoms with Gasteiger partial charge in [0.15, 0.2) is 0 Å². The van der Waals surface area contributed by atoms with Gasteiger partial charge in [-0.3, -0.25) is 14.7 Å². The molecule has 0 saturated carbocycles. The van der Waals surface area contributed by atoms with Gasteiger partial charge >= 0.3 is 0 Å². The number of carbonyl (C=O) groups excluding carboxylic acids is 1. The molecule has 0 unspecified atom stereocenters. The average molecular weight is 484 g/mol. The number of hydrogen-bond acceptors (Lipinski definition) is 4. The van der Waals surface area contributed by atoms with Gasteiger partial charge in [0.2, 0.25) is 5.91 Å². The summed E-state index contributed by atoms with van der Waals surface area (Å²) in [6.45, 7) is 2.43. The quantitative estimate of drug-likeness (QED) is 0.576. The van der Waals surface area contributed by atoms with Crippen LogP contribution >= 0.6 is 0 Å². The van der Waals surface area contributed by atoms with E-state index in [1.54, 1.807) is 30.6 Å². The van der Waals surface area contributed by atoms with E-state index in [1.807, 2.05) is 29.2 Å². The number of amides is 1. The number of hydrogen-bond donors (Lipinski definition) is 1. The van der Waals surface area contributed by atoms with E-state index in [2.05, 4.69) is 33.9 Å². The minimum absolute atomic E-state index is 0.0422. The Bertz CT molecular complexity index is 1250. The number of carbonyl (C=O) groups is 1. The highest BCUT2D eigenvalue weighted by Crippen LogP contribution is 2.42. The van der Waals surface area contributed by atoms with Crippen molar-refractivity contribution in [1.29, 1.82) is 0 Å². The summed E-state index contributed by atoms with van der Waals surface area (Å²) in [6.07, 6.45) is 5.78. The lowest BCUT2D eigenvalue weighted by Gasteiger charge is -2.57. The fourth-order valence-corrected chi connectivity index (χ4v) is 5.44. The van der Waals surface area contributed by atoms with E-state index in [0.717, 1.165) is 42.6 Å². The maximum absolute atomic E-state index is 13.9. The summed E-state index contributed by atoms with van der Waals surface area (Å²) in [7, 11) is 0. The second kappa shape index (κ2) is 11.0. The summed E-state index contributed by atoms with van der Waals surface area (Å²) in [6, 6.07) is 18.5. The molecule has 36 heavy (non-hydrogen) atoms. The molecule has 0 radical (unpaired) electrons. The molecule has 5 nitrogen and oxygen atoms in total. The number of aliphatic hydroxyl groups is 1. The molecule has 6 heteroatoms. The third kappa shape index (κ3) is 5.18. The molecule has 2 fully saturated rings. The Morgan fingerprint density at radius 3 is 2.50 bits per heavy atom.